The van der Waals surface area contributed by atoms with Crippen LogP contribution in [-0.4, -0.2) is 17.5 Å². The quantitative estimate of drug-likeness (QED) is 0.462. The smallest absolute Gasteiger partial charge is 0.262 e. The SMILES string of the molecule is Cc1ccc2c(Cl)cc(Cl)c(OCC(=O)Nc3ccc(I)cc3C)c2n1. The maximum atomic E-state index is 12.3. The van der Waals surface area contributed by atoms with Gasteiger partial charge in [0.05, 0.1) is 10.0 Å². The number of rotatable bonds is 4. The molecule has 0 atom stereocenters. The molecule has 0 unspecified atom stereocenters. The third-order valence-electron chi connectivity index (χ3n) is 3.79. The van der Waals surface area contributed by atoms with Crippen molar-refractivity contribution in [3.05, 3.63) is 61.3 Å². The topological polar surface area (TPSA) is 51.2 Å². The highest BCUT2D eigenvalue weighted by atomic mass is 127. The summed E-state index contributed by atoms with van der Waals surface area (Å²) < 4.78 is 6.80. The molecule has 2 aromatic carbocycles. The third-order valence-corrected chi connectivity index (χ3v) is 5.05. The first kappa shape index (κ1) is 19.2. The molecular weight excluding hydrogens is 486 g/mol. The van der Waals surface area contributed by atoms with Crippen LogP contribution >= 0.6 is 45.8 Å². The number of nitrogens with zero attached hydrogens (tertiary/aromatic N) is 1. The van der Waals surface area contributed by atoms with Crippen molar-refractivity contribution in [3.63, 3.8) is 0 Å². The summed E-state index contributed by atoms with van der Waals surface area (Å²) in [5.74, 6) is 0.0744. The highest BCUT2D eigenvalue weighted by molar-refractivity contribution is 14.1. The van der Waals surface area contributed by atoms with Gasteiger partial charge < -0.3 is 10.1 Å². The van der Waals surface area contributed by atoms with Crippen LogP contribution in [0, 0.1) is 17.4 Å². The highest BCUT2D eigenvalue weighted by Crippen LogP contribution is 2.37. The Morgan fingerprint density at radius 3 is 2.65 bits per heavy atom. The average molecular weight is 501 g/mol. The van der Waals surface area contributed by atoms with Crippen molar-refractivity contribution in [2.75, 3.05) is 11.9 Å². The molecule has 3 rings (SSSR count). The van der Waals surface area contributed by atoms with Crippen molar-refractivity contribution in [3.8, 4) is 5.75 Å². The molecule has 0 radical (unpaired) electrons. The Morgan fingerprint density at radius 2 is 1.92 bits per heavy atom. The van der Waals surface area contributed by atoms with Crippen molar-refractivity contribution < 1.29 is 9.53 Å². The van der Waals surface area contributed by atoms with Crippen molar-refractivity contribution in [1.82, 2.24) is 4.98 Å². The fourth-order valence-corrected chi connectivity index (χ4v) is 3.74. The number of pyridine rings is 1. The van der Waals surface area contributed by atoms with Gasteiger partial charge in [0.1, 0.15) is 5.52 Å². The lowest BCUT2D eigenvalue weighted by Gasteiger charge is -2.13. The molecule has 26 heavy (non-hydrogen) atoms. The molecule has 0 aliphatic heterocycles. The van der Waals surface area contributed by atoms with Gasteiger partial charge >= 0.3 is 0 Å². The minimum Gasteiger partial charge on any atom is -0.480 e. The number of halogens is 3. The Balaban J connectivity index is 1.81. The molecule has 0 saturated heterocycles. The fourth-order valence-electron chi connectivity index (χ4n) is 2.52. The van der Waals surface area contributed by atoms with E-state index in [0.29, 0.717) is 21.3 Å². The summed E-state index contributed by atoms with van der Waals surface area (Å²) in [7, 11) is 0. The monoisotopic (exact) mass is 500 g/mol. The molecule has 4 nitrogen and oxygen atoms in total. The number of carbonyl (C=O) groups excluding carboxylic acids is 1. The molecule has 3 aromatic rings. The summed E-state index contributed by atoms with van der Waals surface area (Å²) in [6.45, 7) is 3.62. The summed E-state index contributed by atoms with van der Waals surface area (Å²) >= 11 is 14.7. The van der Waals surface area contributed by atoms with Gasteiger partial charge in [0.2, 0.25) is 0 Å². The van der Waals surface area contributed by atoms with E-state index < -0.39 is 0 Å². The lowest BCUT2D eigenvalue weighted by atomic mass is 10.2. The van der Waals surface area contributed by atoms with E-state index in [1.165, 1.54) is 0 Å². The lowest BCUT2D eigenvalue weighted by Crippen LogP contribution is -2.21. The zero-order valence-electron chi connectivity index (χ0n) is 14.1. The number of benzene rings is 2. The van der Waals surface area contributed by atoms with Crippen LogP contribution in [0.15, 0.2) is 36.4 Å². The van der Waals surface area contributed by atoms with Gasteiger partial charge in [-0.25, -0.2) is 4.98 Å². The molecular formula is C19H15Cl2IN2O2. The predicted molar refractivity (Wildman–Crippen MR) is 115 cm³/mol. The second-order valence-electron chi connectivity index (χ2n) is 5.81. The summed E-state index contributed by atoms with van der Waals surface area (Å²) in [6.07, 6.45) is 0. The maximum absolute atomic E-state index is 12.3. The van der Waals surface area contributed by atoms with Gasteiger partial charge in [-0.1, -0.05) is 23.2 Å². The second kappa shape index (κ2) is 7.98. The zero-order valence-corrected chi connectivity index (χ0v) is 17.7. The van der Waals surface area contributed by atoms with E-state index in [-0.39, 0.29) is 12.5 Å². The number of aryl methyl sites for hydroxylation is 2. The summed E-state index contributed by atoms with van der Waals surface area (Å²) in [5.41, 5.74) is 3.08. The molecule has 1 amide bonds. The van der Waals surface area contributed by atoms with Gasteiger partial charge in [-0.2, -0.15) is 0 Å². The number of fused-ring (bicyclic) bond motifs is 1. The van der Waals surface area contributed by atoms with Gasteiger partial charge in [0.25, 0.3) is 5.91 Å². The minimum absolute atomic E-state index is 0.183. The molecule has 0 aliphatic carbocycles. The molecule has 0 spiro atoms. The normalized spacial score (nSPS) is 10.8. The van der Waals surface area contributed by atoms with Crippen LogP contribution in [0.3, 0.4) is 0 Å². The number of ether oxygens (including phenoxy) is 1. The molecule has 1 aromatic heterocycles. The van der Waals surface area contributed by atoms with Crippen LogP contribution < -0.4 is 10.1 Å². The number of carbonyl (C=O) groups is 1. The van der Waals surface area contributed by atoms with E-state index >= 15 is 0 Å². The molecule has 134 valence electrons. The Labute approximate surface area is 175 Å². The van der Waals surface area contributed by atoms with Crippen LogP contribution in [0.25, 0.3) is 10.9 Å². The van der Waals surface area contributed by atoms with Gasteiger partial charge in [-0.05, 0) is 78.4 Å². The first-order valence-electron chi connectivity index (χ1n) is 7.79. The molecule has 7 heteroatoms. The number of amides is 1. The first-order valence-corrected chi connectivity index (χ1v) is 9.63. The Morgan fingerprint density at radius 1 is 1.15 bits per heavy atom. The Kier molecular flexibility index (Phi) is 5.89. The molecule has 0 bridgehead atoms. The van der Waals surface area contributed by atoms with Crippen LogP contribution in [-0.2, 0) is 4.79 Å². The average Bonchev–Trinajstić information content (AvgIpc) is 2.57. The summed E-state index contributed by atoms with van der Waals surface area (Å²) in [5, 5.41) is 4.38. The van der Waals surface area contributed by atoms with E-state index in [0.717, 1.165) is 25.9 Å². The van der Waals surface area contributed by atoms with Crippen molar-refractivity contribution >= 4 is 68.3 Å². The zero-order chi connectivity index (χ0) is 18.8. The van der Waals surface area contributed by atoms with Crippen LogP contribution in [0.1, 0.15) is 11.3 Å². The van der Waals surface area contributed by atoms with E-state index in [1.54, 1.807) is 6.07 Å². The van der Waals surface area contributed by atoms with Gasteiger partial charge in [-0.3, -0.25) is 4.79 Å². The fraction of sp³-hybridized carbons (Fsp3) is 0.158. The van der Waals surface area contributed by atoms with E-state index in [9.17, 15) is 4.79 Å². The first-order chi connectivity index (χ1) is 12.3. The molecule has 1 heterocycles. The maximum Gasteiger partial charge on any atom is 0.262 e. The van der Waals surface area contributed by atoms with Crippen molar-refractivity contribution in [1.29, 1.82) is 0 Å². The van der Waals surface area contributed by atoms with Crippen LogP contribution in [0.4, 0.5) is 5.69 Å². The van der Waals surface area contributed by atoms with Crippen molar-refractivity contribution in [2.45, 2.75) is 13.8 Å². The predicted octanol–water partition coefficient (Wildman–Crippen LogP) is 5.78. The lowest BCUT2D eigenvalue weighted by molar-refractivity contribution is -0.118. The van der Waals surface area contributed by atoms with E-state index in [4.69, 9.17) is 27.9 Å². The van der Waals surface area contributed by atoms with Gasteiger partial charge in [0.15, 0.2) is 12.4 Å². The van der Waals surface area contributed by atoms with Crippen LogP contribution in [0.5, 0.6) is 5.75 Å². The van der Waals surface area contributed by atoms with Gasteiger partial charge in [0, 0.05) is 20.3 Å². The Hall–Kier alpha value is -1.57. The largest absolute Gasteiger partial charge is 0.480 e. The number of anilines is 1. The molecule has 0 aliphatic rings. The van der Waals surface area contributed by atoms with Crippen molar-refractivity contribution in [2.24, 2.45) is 0 Å². The van der Waals surface area contributed by atoms with Crippen LogP contribution in [0.2, 0.25) is 10.0 Å². The molecule has 0 saturated carbocycles. The number of hydrogen-bond acceptors (Lipinski definition) is 3. The standard InChI is InChI=1S/C19H15Cl2IN2O2/c1-10-7-12(22)4-6-16(10)24-17(25)9-26-19-15(21)8-14(20)13-5-3-11(2)23-18(13)19/h3-8H,9H2,1-2H3,(H,24,25). The third kappa shape index (κ3) is 4.22. The number of hydrogen-bond donors (Lipinski definition) is 1. The molecule has 1 N–H and O–H groups in total. The minimum atomic E-state index is -0.277. The summed E-state index contributed by atoms with van der Waals surface area (Å²) in [4.78, 5) is 16.7. The van der Waals surface area contributed by atoms with E-state index in [2.05, 4.69) is 32.9 Å². The summed E-state index contributed by atoms with van der Waals surface area (Å²) in [6, 6.07) is 11.1. The number of nitrogens with one attached hydrogen (secondary N) is 1. The van der Waals surface area contributed by atoms with E-state index in [1.807, 2.05) is 44.2 Å². The highest BCUT2D eigenvalue weighted by Gasteiger charge is 2.15. The molecule has 0 fully saturated rings. The Bertz CT molecular complexity index is 1010. The number of aromatic nitrogens is 1. The second-order valence-corrected chi connectivity index (χ2v) is 7.87. The van der Waals surface area contributed by atoms with Gasteiger partial charge in [-0.15, -0.1) is 0 Å².